The van der Waals surface area contributed by atoms with E-state index in [1.54, 1.807) is 6.20 Å². The van der Waals surface area contributed by atoms with Crippen LogP contribution in [0.15, 0.2) is 24.4 Å². The topological polar surface area (TPSA) is 54.9 Å². The number of rotatable bonds is 3. The monoisotopic (exact) mass is 281 g/mol. The lowest BCUT2D eigenvalue weighted by Crippen LogP contribution is -2.16. The maximum atomic E-state index is 12.4. The van der Waals surface area contributed by atoms with Gasteiger partial charge in [-0.1, -0.05) is 12.1 Å². The molecular weight excluding hydrogens is 262 g/mol. The summed E-state index contributed by atoms with van der Waals surface area (Å²) < 4.78 is 0. The van der Waals surface area contributed by atoms with E-state index in [2.05, 4.69) is 15.3 Å². The lowest BCUT2D eigenvalue weighted by molar-refractivity contribution is 0.102. The molecule has 1 aliphatic rings. The van der Waals surface area contributed by atoms with Crippen LogP contribution in [0.3, 0.4) is 0 Å². The number of hydrogen-bond acceptors (Lipinski definition) is 3. The van der Waals surface area contributed by atoms with Crippen molar-refractivity contribution in [3.63, 3.8) is 0 Å². The molecule has 1 heterocycles. The van der Waals surface area contributed by atoms with Gasteiger partial charge >= 0.3 is 0 Å². The summed E-state index contributed by atoms with van der Waals surface area (Å²) in [6.07, 6.45) is 3.97. The van der Waals surface area contributed by atoms with Gasteiger partial charge in [0.1, 0.15) is 5.82 Å². The molecule has 1 aromatic carbocycles. The van der Waals surface area contributed by atoms with Gasteiger partial charge in [-0.2, -0.15) is 0 Å². The van der Waals surface area contributed by atoms with E-state index in [9.17, 15) is 4.79 Å². The summed E-state index contributed by atoms with van der Waals surface area (Å²) in [5, 5.41) is 2.95. The van der Waals surface area contributed by atoms with Crippen molar-refractivity contribution in [2.24, 2.45) is 0 Å². The minimum atomic E-state index is -0.149. The van der Waals surface area contributed by atoms with E-state index in [0.717, 1.165) is 41.2 Å². The number of carbonyl (C=O) groups excluding carboxylic acids is 1. The molecule has 0 saturated heterocycles. The van der Waals surface area contributed by atoms with Gasteiger partial charge in [-0.25, -0.2) is 9.97 Å². The third-order valence-electron chi connectivity index (χ3n) is 3.83. The van der Waals surface area contributed by atoms with Crippen LogP contribution in [0.1, 0.15) is 51.8 Å². The van der Waals surface area contributed by atoms with Crippen LogP contribution in [0.5, 0.6) is 0 Å². The van der Waals surface area contributed by atoms with E-state index < -0.39 is 0 Å². The van der Waals surface area contributed by atoms with Crippen LogP contribution in [-0.2, 0) is 0 Å². The fraction of sp³-hybridized carbons (Fsp3) is 0.353. The normalized spacial score (nSPS) is 14.0. The fourth-order valence-corrected chi connectivity index (χ4v) is 2.31. The van der Waals surface area contributed by atoms with Crippen molar-refractivity contribution in [2.75, 3.05) is 5.32 Å². The predicted molar refractivity (Wildman–Crippen MR) is 82.6 cm³/mol. The van der Waals surface area contributed by atoms with Gasteiger partial charge in [0.15, 0.2) is 0 Å². The van der Waals surface area contributed by atoms with Crippen LogP contribution in [0, 0.1) is 20.8 Å². The predicted octanol–water partition coefficient (Wildman–Crippen LogP) is 3.53. The Morgan fingerprint density at radius 2 is 2.00 bits per heavy atom. The molecule has 1 fully saturated rings. The van der Waals surface area contributed by atoms with E-state index in [1.165, 1.54) is 0 Å². The average molecular weight is 281 g/mol. The molecule has 1 saturated carbocycles. The summed E-state index contributed by atoms with van der Waals surface area (Å²) in [5.41, 5.74) is 4.29. The molecule has 4 heteroatoms. The van der Waals surface area contributed by atoms with Crippen molar-refractivity contribution in [3.8, 4) is 0 Å². The molecule has 0 bridgehead atoms. The highest BCUT2D eigenvalue weighted by atomic mass is 16.1. The Kier molecular flexibility index (Phi) is 3.45. The van der Waals surface area contributed by atoms with Crippen LogP contribution in [0.25, 0.3) is 0 Å². The van der Waals surface area contributed by atoms with E-state index in [0.29, 0.717) is 11.5 Å². The zero-order valence-electron chi connectivity index (χ0n) is 12.6. The third-order valence-corrected chi connectivity index (χ3v) is 3.83. The average Bonchev–Trinajstić information content (AvgIpc) is 3.27. The van der Waals surface area contributed by atoms with Gasteiger partial charge < -0.3 is 5.32 Å². The second-order valence-electron chi connectivity index (χ2n) is 5.77. The molecule has 0 radical (unpaired) electrons. The highest BCUT2D eigenvalue weighted by molar-refractivity contribution is 6.05. The number of carbonyl (C=O) groups is 1. The zero-order valence-corrected chi connectivity index (χ0v) is 12.6. The van der Waals surface area contributed by atoms with Crippen molar-refractivity contribution in [1.82, 2.24) is 9.97 Å². The Hall–Kier alpha value is -2.23. The Balaban J connectivity index is 1.83. The van der Waals surface area contributed by atoms with E-state index in [-0.39, 0.29) is 5.91 Å². The van der Waals surface area contributed by atoms with Crippen LogP contribution in [0.4, 0.5) is 5.69 Å². The number of benzene rings is 1. The van der Waals surface area contributed by atoms with Gasteiger partial charge in [0.2, 0.25) is 0 Å². The van der Waals surface area contributed by atoms with E-state index in [4.69, 9.17) is 0 Å². The number of aryl methyl sites for hydroxylation is 3. The minimum Gasteiger partial charge on any atom is -0.322 e. The molecule has 1 aromatic heterocycles. The highest BCUT2D eigenvalue weighted by Crippen LogP contribution is 2.37. The highest BCUT2D eigenvalue weighted by Gasteiger charge is 2.27. The Bertz CT molecular complexity index is 705. The van der Waals surface area contributed by atoms with Gasteiger partial charge in [0.25, 0.3) is 5.91 Å². The summed E-state index contributed by atoms with van der Waals surface area (Å²) in [6, 6.07) is 6.01. The maximum absolute atomic E-state index is 12.4. The Morgan fingerprint density at radius 3 is 2.67 bits per heavy atom. The molecule has 0 spiro atoms. The number of nitrogens with zero attached hydrogens (tertiary/aromatic N) is 2. The summed E-state index contributed by atoms with van der Waals surface area (Å²) in [6.45, 7) is 5.86. The minimum absolute atomic E-state index is 0.149. The van der Waals surface area contributed by atoms with Crippen LogP contribution in [0.2, 0.25) is 0 Å². The van der Waals surface area contributed by atoms with Crippen molar-refractivity contribution >= 4 is 11.6 Å². The summed E-state index contributed by atoms with van der Waals surface area (Å²) in [5.74, 6) is 1.22. The van der Waals surface area contributed by atoms with Gasteiger partial charge in [0.05, 0.1) is 11.3 Å². The smallest absolute Gasteiger partial charge is 0.259 e. The van der Waals surface area contributed by atoms with Gasteiger partial charge in [-0.3, -0.25) is 4.79 Å². The number of anilines is 1. The fourth-order valence-electron chi connectivity index (χ4n) is 2.31. The van der Waals surface area contributed by atoms with Crippen molar-refractivity contribution in [1.29, 1.82) is 0 Å². The first-order valence-corrected chi connectivity index (χ1v) is 7.27. The molecule has 2 aromatic rings. The molecule has 108 valence electrons. The molecule has 0 aliphatic heterocycles. The van der Waals surface area contributed by atoms with Crippen LogP contribution < -0.4 is 5.32 Å². The Labute approximate surface area is 124 Å². The summed E-state index contributed by atoms with van der Waals surface area (Å²) in [4.78, 5) is 21.2. The molecule has 1 amide bonds. The Morgan fingerprint density at radius 1 is 1.24 bits per heavy atom. The standard InChI is InChI=1S/C17H19N3O/c1-10-4-5-11(2)15(8-10)20-17(21)14-9-18-16(13-6-7-13)19-12(14)3/h4-5,8-9,13H,6-7H2,1-3H3,(H,20,21). The first-order valence-electron chi connectivity index (χ1n) is 7.27. The number of aromatic nitrogens is 2. The van der Waals surface area contributed by atoms with Crippen molar-refractivity contribution < 1.29 is 4.79 Å². The largest absolute Gasteiger partial charge is 0.322 e. The lowest BCUT2D eigenvalue weighted by Gasteiger charge is -2.11. The molecule has 0 unspecified atom stereocenters. The number of hydrogen-bond donors (Lipinski definition) is 1. The SMILES string of the molecule is Cc1ccc(C)c(NC(=O)c2cnc(C3CC3)nc2C)c1. The first kappa shape index (κ1) is 13.7. The van der Waals surface area contributed by atoms with E-state index in [1.807, 2.05) is 39.0 Å². The third kappa shape index (κ3) is 2.94. The molecule has 1 N–H and O–H groups in total. The van der Waals surface area contributed by atoms with Crippen molar-refractivity contribution in [3.05, 3.63) is 52.6 Å². The zero-order chi connectivity index (χ0) is 15.0. The second kappa shape index (κ2) is 5.28. The van der Waals surface area contributed by atoms with Gasteiger partial charge in [-0.15, -0.1) is 0 Å². The second-order valence-corrected chi connectivity index (χ2v) is 5.77. The number of nitrogens with one attached hydrogen (secondary N) is 1. The quantitative estimate of drug-likeness (QED) is 0.936. The lowest BCUT2D eigenvalue weighted by atomic mass is 10.1. The van der Waals surface area contributed by atoms with Gasteiger partial charge in [-0.05, 0) is 50.8 Å². The number of amides is 1. The molecular formula is C17H19N3O. The molecule has 3 rings (SSSR count). The first-order chi connectivity index (χ1) is 10.0. The molecule has 21 heavy (non-hydrogen) atoms. The summed E-state index contributed by atoms with van der Waals surface area (Å²) >= 11 is 0. The van der Waals surface area contributed by atoms with E-state index >= 15 is 0 Å². The summed E-state index contributed by atoms with van der Waals surface area (Å²) in [7, 11) is 0. The van der Waals surface area contributed by atoms with Gasteiger partial charge in [0, 0.05) is 17.8 Å². The maximum Gasteiger partial charge on any atom is 0.259 e. The molecule has 0 atom stereocenters. The van der Waals surface area contributed by atoms with Crippen LogP contribution in [-0.4, -0.2) is 15.9 Å². The van der Waals surface area contributed by atoms with Crippen molar-refractivity contribution in [2.45, 2.75) is 39.5 Å². The molecule has 1 aliphatic carbocycles. The van der Waals surface area contributed by atoms with Crippen LogP contribution >= 0.6 is 0 Å². The molecule has 4 nitrogen and oxygen atoms in total.